The molecule has 5 heteroatoms. The molecule has 0 spiro atoms. The van der Waals surface area contributed by atoms with Crippen LogP contribution in [0.2, 0.25) is 0 Å². The summed E-state index contributed by atoms with van der Waals surface area (Å²) in [5.74, 6) is 0.574. The number of carbonyl (C=O) groups excluding carboxylic acids is 1. The Kier molecular flexibility index (Phi) is 3.33. The molecule has 1 heterocycles. The first kappa shape index (κ1) is 14.1. The van der Waals surface area contributed by atoms with Crippen molar-refractivity contribution >= 4 is 17.0 Å². The van der Waals surface area contributed by atoms with E-state index in [4.69, 9.17) is 4.74 Å². The third-order valence-electron chi connectivity index (χ3n) is 3.66. The summed E-state index contributed by atoms with van der Waals surface area (Å²) in [7, 11) is 1.36. The molecule has 2 N–H and O–H groups in total. The van der Waals surface area contributed by atoms with Gasteiger partial charge in [-0.25, -0.2) is 9.78 Å². The van der Waals surface area contributed by atoms with E-state index in [1.165, 1.54) is 7.11 Å². The van der Waals surface area contributed by atoms with Gasteiger partial charge in [0.25, 0.3) is 0 Å². The number of phenols is 1. The van der Waals surface area contributed by atoms with Crippen molar-refractivity contribution in [3.8, 4) is 17.1 Å². The van der Waals surface area contributed by atoms with Crippen molar-refractivity contribution in [1.29, 1.82) is 0 Å². The summed E-state index contributed by atoms with van der Waals surface area (Å²) in [5.41, 5.74) is 4.84. The molecule has 0 saturated carbocycles. The van der Waals surface area contributed by atoms with Crippen molar-refractivity contribution in [2.75, 3.05) is 7.11 Å². The summed E-state index contributed by atoms with van der Waals surface area (Å²) in [4.78, 5) is 19.4. The minimum absolute atomic E-state index is 0.239. The molecule has 0 fully saturated rings. The molecule has 1 aromatic heterocycles. The van der Waals surface area contributed by atoms with Crippen molar-refractivity contribution in [2.24, 2.45) is 0 Å². The van der Waals surface area contributed by atoms with Crippen LogP contribution in [0.3, 0.4) is 0 Å². The Labute approximate surface area is 127 Å². The Hall–Kier alpha value is -2.82. The maximum atomic E-state index is 11.6. The molecule has 0 amide bonds. The lowest BCUT2D eigenvalue weighted by molar-refractivity contribution is 0.0601. The molecule has 0 aliphatic carbocycles. The van der Waals surface area contributed by atoms with Gasteiger partial charge in [0, 0.05) is 5.56 Å². The van der Waals surface area contributed by atoms with Crippen LogP contribution in [0.4, 0.5) is 0 Å². The molecule has 0 atom stereocenters. The molecular formula is C17H16N2O3. The van der Waals surface area contributed by atoms with Crippen molar-refractivity contribution in [2.45, 2.75) is 13.8 Å². The lowest BCUT2D eigenvalue weighted by atomic mass is 10.0. The van der Waals surface area contributed by atoms with Crippen LogP contribution in [0.5, 0.6) is 5.75 Å². The first-order valence-corrected chi connectivity index (χ1v) is 6.88. The van der Waals surface area contributed by atoms with Gasteiger partial charge in [-0.3, -0.25) is 0 Å². The normalized spacial score (nSPS) is 10.9. The van der Waals surface area contributed by atoms with Crippen LogP contribution >= 0.6 is 0 Å². The van der Waals surface area contributed by atoms with Crippen LogP contribution in [-0.4, -0.2) is 28.2 Å². The molecule has 3 aromatic rings. The number of aryl methyl sites for hydroxylation is 2. The van der Waals surface area contributed by atoms with E-state index in [2.05, 4.69) is 9.97 Å². The first-order chi connectivity index (χ1) is 10.5. The number of esters is 1. The highest BCUT2D eigenvalue weighted by Gasteiger charge is 2.13. The maximum absolute atomic E-state index is 11.6. The van der Waals surface area contributed by atoms with Crippen molar-refractivity contribution in [3.05, 3.63) is 47.0 Å². The van der Waals surface area contributed by atoms with Gasteiger partial charge in [-0.15, -0.1) is 0 Å². The molecule has 0 unspecified atom stereocenters. The Morgan fingerprint density at radius 3 is 2.50 bits per heavy atom. The highest BCUT2D eigenvalue weighted by molar-refractivity contribution is 5.94. The number of aromatic hydroxyl groups is 1. The van der Waals surface area contributed by atoms with Crippen molar-refractivity contribution < 1.29 is 14.6 Å². The molecular weight excluding hydrogens is 280 g/mol. The van der Waals surface area contributed by atoms with Crippen LogP contribution in [-0.2, 0) is 4.74 Å². The number of hydrogen-bond donors (Lipinski definition) is 2. The van der Waals surface area contributed by atoms with E-state index in [0.717, 1.165) is 27.7 Å². The minimum Gasteiger partial charge on any atom is -0.508 e. The molecule has 0 saturated heterocycles. The summed E-state index contributed by atoms with van der Waals surface area (Å²) in [6.45, 7) is 3.85. The van der Waals surface area contributed by atoms with E-state index < -0.39 is 0 Å². The largest absolute Gasteiger partial charge is 0.508 e. The number of rotatable bonds is 2. The Morgan fingerprint density at radius 1 is 1.18 bits per heavy atom. The van der Waals surface area contributed by atoms with Gasteiger partial charge in [0.05, 0.1) is 23.7 Å². The van der Waals surface area contributed by atoms with E-state index in [0.29, 0.717) is 11.4 Å². The van der Waals surface area contributed by atoms with Crippen molar-refractivity contribution in [1.82, 2.24) is 9.97 Å². The van der Waals surface area contributed by atoms with Gasteiger partial charge in [0.2, 0.25) is 0 Å². The van der Waals surface area contributed by atoms with Gasteiger partial charge in [0.1, 0.15) is 11.6 Å². The Balaban J connectivity index is 2.15. The average molecular weight is 296 g/mol. The fourth-order valence-electron chi connectivity index (χ4n) is 2.69. The number of carbonyl (C=O) groups is 1. The highest BCUT2D eigenvalue weighted by atomic mass is 16.5. The van der Waals surface area contributed by atoms with Gasteiger partial charge in [-0.1, -0.05) is 0 Å². The molecule has 3 rings (SSSR count). The number of aromatic amines is 1. The Bertz CT molecular complexity index is 858. The molecule has 5 nitrogen and oxygen atoms in total. The maximum Gasteiger partial charge on any atom is 0.337 e. The molecule has 0 radical (unpaired) electrons. The van der Waals surface area contributed by atoms with Crippen LogP contribution in [0, 0.1) is 13.8 Å². The first-order valence-electron chi connectivity index (χ1n) is 6.88. The average Bonchev–Trinajstić information content (AvgIpc) is 2.87. The number of methoxy groups -OCH3 is 1. The lowest BCUT2D eigenvalue weighted by Crippen LogP contribution is -2.00. The number of H-pyrrole nitrogens is 1. The highest BCUT2D eigenvalue weighted by Crippen LogP contribution is 2.30. The standard InChI is InChI=1S/C17H16N2O3/c1-9-6-12(20)7-10(2)15(9)16-18-13-5-4-11(17(21)22-3)8-14(13)19-16/h4-8,20H,1-3H3,(H,18,19). The van der Waals surface area contributed by atoms with Gasteiger partial charge in [0.15, 0.2) is 0 Å². The summed E-state index contributed by atoms with van der Waals surface area (Å²) in [6.07, 6.45) is 0. The second kappa shape index (κ2) is 5.18. The van der Waals surface area contributed by atoms with E-state index in [9.17, 15) is 9.90 Å². The van der Waals surface area contributed by atoms with E-state index in [-0.39, 0.29) is 11.7 Å². The quantitative estimate of drug-likeness (QED) is 0.711. The summed E-state index contributed by atoms with van der Waals surface area (Å²) < 4.78 is 4.73. The molecule has 112 valence electrons. The van der Waals surface area contributed by atoms with Gasteiger partial charge in [-0.2, -0.15) is 0 Å². The van der Waals surface area contributed by atoms with Crippen LogP contribution in [0.15, 0.2) is 30.3 Å². The topological polar surface area (TPSA) is 75.2 Å². The SMILES string of the molecule is COC(=O)c1ccc2nc(-c3c(C)cc(O)cc3C)[nH]c2c1. The molecule has 2 aromatic carbocycles. The number of nitrogens with one attached hydrogen (secondary N) is 1. The molecule has 0 aliphatic rings. The fraction of sp³-hybridized carbons (Fsp3) is 0.176. The van der Waals surface area contributed by atoms with Crippen LogP contribution in [0.1, 0.15) is 21.5 Å². The van der Waals surface area contributed by atoms with Crippen LogP contribution in [0.25, 0.3) is 22.4 Å². The van der Waals surface area contributed by atoms with Gasteiger partial charge >= 0.3 is 5.97 Å². The van der Waals surface area contributed by atoms with E-state index >= 15 is 0 Å². The number of benzene rings is 2. The number of ether oxygens (including phenoxy) is 1. The molecule has 0 bridgehead atoms. The van der Waals surface area contributed by atoms with Gasteiger partial charge in [-0.05, 0) is 55.3 Å². The summed E-state index contributed by atoms with van der Waals surface area (Å²) >= 11 is 0. The monoisotopic (exact) mass is 296 g/mol. The summed E-state index contributed by atoms with van der Waals surface area (Å²) in [5, 5.41) is 9.65. The van der Waals surface area contributed by atoms with Crippen LogP contribution < -0.4 is 0 Å². The third-order valence-corrected chi connectivity index (χ3v) is 3.66. The number of hydrogen-bond acceptors (Lipinski definition) is 4. The number of imidazole rings is 1. The zero-order valence-corrected chi connectivity index (χ0v) is 12.6. The zero-order valence-electron chi connectivity index (χ0n) is 12.6. The number of nitrogens with zero attached hydrogens (tertiary/aromatic N) is 1. The summed E-state index contributed by atoms with van der Waals surface area (Å²) in [6, 6.07) is 8.61. The minimum atomic E-state index is -0.380. The third kappa shape index (κ3) is 2.30. The predicted molar refractivity (Wildman–Crippen MR) is 84.0 cm³/mol. The number of fused-ring (bicyclic) bond motifs is 1. The predicted octanol–water partition coefficient (Wildman–Crippen LogP) is 3.34. The Morgan fingerprint density at radius 2 is 1.86 bits per heavy atom. The lowest BCUT2D eigenvalue weighted by Gasteiger charge is -2.07. The van der Waals surface area contributed by atoms with E-state index in [1.807, 2.05) is 13.8 Å². The number of aromatic nitrogens is 2. The fourth-order valence-corrected chi connectivity index (χ4v) is 2.69. The zero-order chi connectivity index (χ0) is 15.9. The van der Waals surface area contributed by atoms with Gasteiger partial charge < -0.3 is 14.8 Å². The molecule has 22 heavy (non-hydrogen) atoms. The second-order valence-electron chi connectivity index (χ2n) is 5.26. The van der Waals surface area contributed by atoms with E-state index in [1.54, 1.807) is 30.3 Å². The smallest absolute Gasteiger partial charge is 0.337 e. The second-order valence-corrected chi connectivity index (χ2v) is 5.26. The number of phenolic OH excluding ortho intramolecular Hbond substituents is 1. The molecule has 0 aliphatic heterocycles. The van der Waals surface area contributed by atoms with Crippen molar-refractivity contribution in [3.63, 3.8) is 0 Å².